The lowest BCUT2D eigenvalue weighted by atomic mass is 10.1. The molecule has 0 bridgehead atoms. The molecular formula is C16H19NO3S. The van der Waals surface area contributed by atoms with Crippen molar-refractivity contribution in [3.63, 3.8) is 0 Å². The van der Waals surface area contributed by atoms with Crippen LogP contribution in [-0.2, 0) is 16.4 Å². The highest BCUT2D eigenvalue weighted by molar-refractivity contribution is 7.89. The second-order valence-corrected chi connectivity index (χ2v) is 6.78. The minimum absolute atomic E-state index is 0.184. The normalized spacial score (nSPS) is 11.5. The lowest BCUT2D eigenvalue weighted by molar-refractivity contribution is 0.467. The summed E-state index contributed by atoms with van der Waals surface area (Å²) in [7, 11) is -3.52. The molecule has 112 valence electrons. The van der Waals surface area contributed by atoms with Gasteiger partial charge in [0.2, 0.25) is 10.0 Å². The Morgan fingerprint density at radius 2 is 1.81 bits per heavy atom. The van der Waals surface area contributed by atoms with Gasteiger partial charge in [-0.2, -0.15) is 0 Å². The van der Waals surface area contributed by atoms with Gasteiger partial charge in [0.25, 0.3) is 0 Å². The van der Waals surface area contributed by atoms with Gasteiger partial charge in [-0.1, -0.05) is 35.9 Å². The number of nitrogens with one attached hydrogen (secondary N) is 1. The summed E-state index contributed by atoms with van der Waals surface area (Å²) in [5.74, 6) is 0.184. The van der Waals surface area contributed by atoms with E-state index in [2.05, 4.69) is 4.72 Å². The van der Waals surface area contributed by atoms with Crippen LogP contribution in [0.4, 0.5) is 0 Å². The van der Waals surface area contributed by atoms with Crippen LogP contribution in [0.5, 0.6) is 5.75 Å². The third-order valence-electron chi connectivity index (χ3n) is 3.30. The molecule has 0 saturated carbocycles. The Morgan fingerprint density at radius 1 is 1.10 bits per heavy atom. The second-order valence-electron chi connectivity index (χ2n) is 5.05. The van der Waals surface area contributed by atoms with Gasteiger partial charge in [0.1, 0.15) is 5.75 Å². The Morgan fingerprint density at radius 3 is 2.48 bits per heavy atom. The lowest BCUT2D eigenvalue weighted by Crippen LogP contribution is -2.26. The van der Waals surface area contributed by atoms with Gasteiger partial charge in [0.05, 0.1) is 4.90 Å². The van der Waals surface area contributed by atoms with Gasteiger partial charge in [0.15, 0.2) is 0 Å². The molecule has 2 rings (SSSR count). The predicted octanol–water partition coefficient (Wildman–Crippen LogP) is 2.53. The van der Waals surface area contributed by atoms with Crippen LogP contribution in [0.2, 0.25) is 0 Å². The molecule has 0 spiro atoms. The second kappa shape index (κ2) is 6.28. The first-order valence-electron chi connectivity index (χ1n) is 6.74. The molecule has 21 heavy (non-hydrogen) atoms. The van der Waals surface area contributed by atoms with Gasteiger partial charge >= 0.3 is 0 Å². The summed E-state index contributed by atoms with van der Waals surface area (Å²) in [5.41, 5.74) is 2.48. The molecule has 2 N–H and O–H groups in total. The molecule has 0 aromatic heterocycles. The van der Waals surface area contributed by atoms with Crippen molar-refractivity contribution in [3.8, 4) is 5.75 Å². The molecule has 5 heteroatoms. The lowest BCUT2D eigenvalue weighted by Gasteiger charge is -2.10. The Hall–Kier alpha value is -1.85. The van der Waals surface area contributed by atoms with Crippen molar-refractivity contribution in [2.24, 2.45) is 0 Å². The van der Waals surface area contributed by atoms with E-state index in [1.807, 2.05) is 19.1 Å². The summed E-state index contributed by atoms with van der Waals surface area (Å²) >= 11 is 0. The van der Waals surface area contributed by atoms with Crippen LogP contribution in [0.1, 0.15) is 16.7 Å². The zero-order chi connectivity index (χ0) is 15.5. The van der Waals surface area contributed by atoms with Crippen LogP contribution in [0, 0.1) is 13.8 Å². The van der Waals surface area contributed by atoms with E-state index in [1.165, 1.54) is 0 Å². The van der Waals surface area contributed by atoms with Crippen molar-refractivity contribution in [2.45, 2.75) is 25.2 Å². The first kappa shape index (κ1) is 15.5. The number of phenolic OH excluding ortho intramolecular Hbond substituents is 1. The van der Waals surface area contributed by atoms with Crippen LogP contribution >= 0.6 is 0 Å². The molecule has 0 fully saturated rings. The van der Waals surface area contributed by atoms with Crippen LogP contribution < -0.4 is 4.72 Å². The van der Waals surface area contributed by atoms with E-state index in [4.69, 9.17) is 0 Å². The van der Waals surface area contributed by atoms with E-state index in [0.29, 0.717) is 11.3 Å². The van der Waals surface area contributed by atoms with Gasteiger partial charge in [-0.05, 0) is 43.5 Å². The zero-order valence-electron chi connectivity index (χ0n) is 12.1. The topological polar surface area (TPSA) is 66.4 Å². The van der Waals surface area contributed by atoms with E-state index >= 15 is 0 Å². The molecule has 2 aromatic rings. The highest BCUT2D eigenvalue weighted by Gasteiger charge is 2.16. The first-order chi connectivity index (χ1) is 9.90. The highest BCUT2D eigenvalue weighted by Crippen LogP contribution is 2.18. The number of hydrogen-bond acceptors (Lipinski definition) is 3. The Kier molecular flexibility index (Phi) is 4.65. The molecule has 4 nitrogen and oxygen atoms in total. The summed E-state index contributed by atoms with van der Waals surface area (Å²) in [6, 6.07) is 12.2. The molecule has 0 aliphatic rings. The Balaban J connectivity index is 2.07. The molecule has 0 unspecified atom stereocenters. The number of rotatable bonds is 5. The van der Waals surface area contributed by atoms with Crippen molar-refractivity contribution >= 4 is 10.0 Å². The fourth-order valence-corrected chi connectivity index (χ4v) is 3.48. The molecule has 2 aromatic carbocycles. The first-order valence-corrected chi connectivity index (χ1v) is 8.22. The number of phenols is 1. The van der Waals surface area contributed by atoms with Crippen LogP contribution in [0.15, 0.2) is 47.4 Å². The smallest absolute Gasteiger partial charge is 0.240 e. The number of sulfonamides is 1. The van der Waals surface area contributed by atoms with E-state index in [-0.39, 0.29) is 12.3 Å². The summed E-state index contributed by atoms with van der Waals surface area (Å²) in [6.45, 7) is 3.95. The fourth-order valence-electron chi connectivity index (χ4n) is 2.22. The molecule has 0 atom stereocenters. The maximum atomic E-state index is 12.3. The van der Waals surface area contributed by atoms with Crippen molar-refractivity contribution in [2.75, 3.05) is 6.54 Å². The zero-order valence-corrected chi connectivity index (χ0v) is 12.9. The molecule has 0 aliphatic heterocycles. The molecule has 0 heterocycles. The number of aryl methyl sites for hydroxylation is 2. The van der Waals surface area contributed by atoms with Crippen molar-refractivity contribution in [3.05, 3.63) is 59.2 Å². The predicted molar refractivity (Wildman–Crippen MR) is 82.9 cm³/mol. The number of para-hydroxylation sites is 1. The average molecular weight is 305 g/mol. The maximum Gasteiger partial charge on any atom is 0.240 e. The maximum absolute atomic E-state index is 12.3. The van der Waals surface area contributed by atoms with E-state index < -0.39 is 10.0 Å². The summed E-state index contributed by atoms with van der Waals surface area (Å²) in [6.07, 6.45) is 0.441. The van der Waals surface area contributed by atoms with Gasteiger partial charge in [-0.15, -0.1) is 0 Å². The minimum Gasteiger partial charge on any atom is -0.508 e. The van der Waals surface area contributed by atoms with Crippen molar-refractivity contribution < 1.29 is 13.5 Å². The number of hydrogen-bond donors (Lipinski definition) is 2. The highest BCUT2D eigenvalue weighted by atomic mass is 32.2. The van der Waals surface area contributed by atoms with Crippen LogP contribution in [0.3, 0.4) is 0 Å². The summed E-state index contributed by atoms with van der Waals surface area (Å²) in [5, 5.41) is 9.65. The monoisotopic (exact) mass is 305 g/mol. The molecule has 0 aliphatic carbocycles. The van der Waals surface area contributed by atoms with Gasteiger partial charge in [-0.25, -0.2) is 13.1 Å². The van der Waals surface area contributed by atoms with Gasteiger partial charge in [0, 0.05) is 6.54 Å². The third-order valence-corrected chi connectivity index (χ3v) is 4.92. The van der Waals surface area contributed by atoms with Crippen LogP contribution in [0.25, 0.3) is 0 Å². The molecule has 0 amide bonds. The van der Waals surface area contributed by atoms with E-state index in [1.54, 1.807) is 37.3 Å². The molecular weight excluding hydrogens is 286 g/mol. The van der Waals surface area contributed by atoms with Crippen molar-refractivity contribution in [1.82, 2.24) is 4.72 Å². The van der Waals surface area contributed by atoms with E-state index in [0.717, 1.165) is 16.7 Å². The quantitative estimate of drug-likeness (QED) is 0.892. The SMILES string of the molecule is Cc1ccc(S(=O)(=O)NCCc2ccccc2O)c(C)c1. The molecule has 0 saturated heterocycles. The van der Waals surface area contributed by atoms with Crippen LogP contribution in [-0.4, -0.2) is 20.1 Å². The largest absolute Gasteiger partial charge is 0.508 e. The van der Waals surface area contributed by atoms with Crippen molar-refractivity contribution in [1.29, 1.82) is 0 Å². The fraction of sp³-hybridized carbons (Fsp3) is 0.250. The minimum atomic E-state index is -3.52. The number of benzene rings is 2. The standard InChI is InChI=1S/C16H19NO3S/c1-12-7-8-16(13(2)11-12)21(19,20)17-10-9-14-5-3-4-6-15(14)18/h3-8,11,17-18H,9-10H2,1-2H3. The van der Waals surface area contributed by atoms with Gasteiger partial charge < -0.3 is 5.11 Å². The third kappa shape index (κ3) is 3.83. The number of aromatic hydroxyl groups is 1. The van der Waals surface area contributed by atoms with E-state index in [9.17, 15) is 13.5 Å². The summed E-state index contributed by atoms with van der Waals surface area (Å²) in [4.78, 5) is 0.297. The van der Waals surface area contributed by atoms with Gasteiger partial charge in [-0.3, -0.25) is 0 Å². The average Bonchev–Trinajstić information content (AvgIpc) is 2.40. The molecule has 0 radical (unpaired) electrons. The Bertz CT molecular complexity index is 739. The summed E-state index contributed by atoms with van der Waals surface area (Å²) < 4.78 is 27.1. The Labute approximate surface area is 125 Å².